The predicted molar refractivity (Wildman–Crippen MR) is 79.9 cm³/mol. The molecule has 0 amide bonds. The molecule has 0 aromatic heterocycles. The molecular weight excluding hydrogens is 228 g/mol. The Bertz CT molecular complexity index is 352. The molecule has 1 aromatic carbocycles. The van der Waals surface area contributed by atoms with Crippen molar-refractivity contribution in [2.45, 2.75) is 32.9 Å². The summed E-state index contributed by atoms with van der Waals surface area (Å²) in [6.45, 7) is 5.06. The van der Waals surface area contributed by atoms with Crippen LogP contribution in [-0.4, -0.2) is 25.1 Å². The van der Waals surface area contributed by atoms with Crippen LogP contribution in [0, 0.1) is 6.92 Å². The lowest BCUT2D eigenvalue weighted by Crippen LogP contribution is -2.29. The number of hydrogen-bond donors (Lipinski definition) is 1. The van der Waals surface area contributed by atoms with Gasteiger partial charge >= 0.3 is 0 Å². The van der Waals surface area contributed by atoms with Crippen molar-refractivity contribution in [3.63, 3.8) is 0 Å². The highest BCUT2D eigenvalue weighted by Gasteiger charge is 2.11. The van der Waals surface area contributed by atoms with Crippen LogP contribution < -0.4 is 10.6 Å². The second kappa shape index (κ2) is 6.92. The Hall–Kier alpha value is -0.670. The van der Waals surface area contributed by atoms with Gasteiger partial charge in [0.2, 0.25) is 0 Å². The molecule has 0 saturated carbocycles. The summed E-state index contributed by atoms with van der Waals surface area (Å²) in [5.41, 5.74) is 9.49. The second-order valence-corrected chi connectivity index (χ2v) is 5.55. The first kappa shape index (κ1) is 14.4. The van der Waals surface area contributed by atoms with E-state index < -0.39 is 0 Å². The van der Waals surface area contributed by atoms with Crippen LogP contribution in [0.4, 0.5) is 5.69 Å². The summed E-state index contributed by atoms with van der Waals surface area (Å²) in [6.07, 6.45) is 3.38. The first-order valence-corrected chi connectivity index (χ1v) is 7.51. The summed E-state index contributed by atoms with van der Waals surface area (Å²) in [5.74, 6) is 1.21. The number of aryl methyl sites for hydroxylation is 1. The van der Waals surface area contributed by atoms with Gasteiger partial charge in [-0.1, -0.05) is 12.1 Å². The number of thioether (sulfide) groups is 1. The van der Waals surface area contributed by atoms with E-state index in [0.717, 1.165) is 0 Å². The van der Waals surface area contributed by atoms with Crippen LogP contribution in [0.5, 0.6) is 0 Å². The maximum Gasteiger partial charge on any atom is 0.0395 e. The lowest BCUT2D eigenvalue weighted by molar-refractivity contribution is 0.668. The van der Waals surface area contributed by atoms with Crippen LogP contribution in [0.15, 0.2) is 18.2 Å². The molecule has 0 spiro atoms. The first-order chi connectivity index (χ1) is 8.10. The van der Waals surface area contributed by atoms with Crippen molar-refractivity contribution in [2.75, 3.05) is 24.0 Å². The Balaban J connectivity index is 2.77. The molecule has 1 aromatic rings. The Morgan fingerprint density at radius 3 is 2.65 bits per heavy atom. The van der Waals surface area contributed by atoms with Crippen LogP contribution in [0.25, 0.3) is 0 Å². The molecule has 0 aliphatic carbocycles. The van der Waals surface area contributed by atoms with E-state index in [2.05, 4.69) is 50.2 Å². The molecule has 1 unspecified atom stereocenters. The zero-order valence-corrected chi connectivity index (χ0v) is 12.2. The lowest BCUT2D eigenvalue weighted by Gasteiger charge is -2.28. The van der Waals surface area contributed by atoms with E-state index in [0.29, 0.717) is 12.6 Å². The average Bonchev–Trinajstić information content (AvgIpc) is 2.34. The van der Waals surface area contributed by atoms with E-state index in [1.807, 2.05) is 11.8 Å². The van der Waals surface area contributed by atoms with Crippen molar-refractivity contribution in [2.24, 2.45) is 5.73 Å². The summed E-state index contributed by atoms with van der Waals surface area (Å²) in [7, 11) is 2.18. The molecule has 0 aliphatic rings. The van der Waals surface area contributed by atoms with Crippen molar-refractivity contribution in [3.05, 3.63) is 29.3 Å². The minimum Gasteiger partial charge on any atom is -0.372 e. The molecule has 1 rings (SSSR count). The lowest BCUT2D eigenvalue weighted by atomic mass is 10.1. The van der Waals surface area contributed by atoms with Crippen LogP contribution >= 0.6 is 11.8 Å². The van der Waals surface area contributed by atoms with Gasteiger partial charge in [-0.3, -0.25) is 0 Å². The summed E-state index contributed by atoms with van der Waals surface area (Å²) in [6, 6.07) is 7.07. The molecule has 0 aliphatic heterocycles. The van der Waals surface area contributed by atoms with Crippen LogP contribution in [-0.2, 0) is 6.54 Å². The number of anilines is 1. The number of rotatable bonds is 6. The third-order valence-electron chi connectivity index (χ3n) is 3.28. The van der Waals surface area contributed by atoms with Crippen LogP contribution in [0.2, 0.25) is 0 Å². The van der Waals surface area contributed by atoms with Gasteiger partial charge in [-0.05, 0) is 49.5 Å². The monoisotopic (exact) mass is 252 g/mol. The first-order valence-electron chi connectivity index (χ1n) is 6.11. The Morgan fingerprint density at radius 1 is 1.41 bits per heavy atom. The highest BCUT2D eigenvalue weighted by molar-refractivity contribution is 7.98. The fourth-order valence-corrected chi connectivity index (χ4v) is 2.54. The fraction of sp³-hybridized carbons (Fsp3) is 0.571. The Morgan fingerprint density at radius 2 is 2.12 bits per heavy atom. The van der Waals surface area contributed by atoms with E-state index in [1.54, 1.807) is 0 Å². The van der Waals surface area contributed by atoms with Gasteiger partial charge in [0, 0.05) is 25.3 Å². The van der Waals surface area contributed by atoms with Gasteiger partial charge in [-0.2, -0.15) is 11.8 Å². The summed E-state index contributed by atoms with van der Waals surface area (Å²) in [5, 5.41) is 0. The predicted octanol–water partition coefficient (Wildman–Crippen LogP) is 3.03. The smallest absolute Gasteiger partial charge is 0.0395 e. The van der Waals surface area contributed by atoms with Crippen molar-refractivity contribution < 1.29 is 0 Å². The van der Waals surface area contributed by atoms with Crippen molar-refractivity contribution in [1.82, 2.24) is 0 Å². The standard InChI is InChI=1S/C14H24N2S/c1-11-9-13(10-15)5-6-14(11)16(3)12(2)7-8-17-4/h5-6,9,12H,7-8,10,15H2,1-4H3. The van der Waals surface area contributed by atoms with Crippen molar-refractivity contribution >= 4 is 17.4 Å². The fourth-order valence-electron chi connectivity index (χ4n) is 1.96. The third-order valence-corrected chi connectivity index (χ3v) is 3.92. The SMILES string of the molecule is CSCCC(C)N(C)c1ccc(CN)cc1C. The number of nitrogens with two attached hydrogens (primary N) is 1. The van der Waals surface area contributed by atoms with E-state index in [4.69, 9.17) is 5.73 Å². The van der Waals surface area contributed by atoms with Gasteiger partial charge in [0.25, 0.3) is 0 Å². The van der Waals surface area contributed by atoms with Gasteiger partial charge in [-0.15, -0.1) is 0 Å². The topological polar surface area (TPSA) is 29.3 Å². The van der Waals surface area contributed by atoms with Crippen molar-refractivity contribution in [1.29, 1.82) is 0 Å². The molecule has 0 heterocycles. The molecule has 0 saturated heterocycles. The molecule has 0 fully saturated rings. The minimum absolute atomic E-state index is 0.574. The van der Waals surface area contributed by atoms with E-state index in [9.17, 15) is 0 Å². The van der Waals surface area contributed by atoms with Crippen molar-refractivity contribution in [3.8, 4) is 0 Å². The molecule has 0 bridgehead atoms. The zero-order chi connectivity index (χ0) is 12.8. The van der Waals surface area contributed by atoms with Gasteiger partial charge in [0.15, 0.2) is 0 Å². The molecule has 1 atom stereocenters. The van der Waals surface area contributed by atoms with Crippen LogP contribution in [0.1, 0.15) is 24.5 Å². The summed E-state index contributed by atoms with van der Waals surface area (Å²) in [4.78, 5) is 2.37. The van der Waals surface area contributed by atoms with E-state index in [-0.39, 0.29) is 0 Å². The van der Waals surface area contributed by atoms with E-state index in [1.165, 1.54) is 29.0 Å². The third kappa shape index (κ3) is 3.93. The second-order valence-electron chi connectivity index (χ2n) is 4.57. The summed E-state index contributed by atoms with van der Waals surface area (Å²) >= 11 is 1.91. The molecule has 96 valence electrons. The van der Waals surface area contributed by atoms with Gasteiger partial charge in [-0.25, -0.2) is 0 Å². The maximum atomic E-state index is 5.65. The van der Waals surface area contributed by atoms with Crippen LogP contribution in [0.3, 0.4) is 0 Å². The number of benzene rings is 1. The molecule has 2 N–H and O–H groups in total. The highest BCUT2D eigenvalue weighted by atomic mass is 32.2. The molecule has 3 heteroatoms. The molecular formula is C14H24N2S. The zero-order valence-electron chi connectivity index (χ0n) is 11.4. The van der Waals surface area contributed by atoms with E-state index >= 15 is 0 Å². The minimum atomic E-state index is 0.574. The molecule has 2 nitrogen and oxygen atoms in total. The highest BCUT2D eigenvalue weighted by Crippen LogP contribution is 2.23. The van der Waals surface area contributed by atoms with Gasteiger partial charge in [0.1, 0.15) is 0 Å². The quantitative estimate of drug-likeness (QED) is 0.844. The maximum absolute atomic E-state index is 5.65. The van der Waals surface area contributed by atoms with Gasteiger partial charge < -0.3 is 10.6 Å². The number of hydrogen-bond acceptors (Lipinski definition) is 3. The normalized spacial score (nSPS) is 12.5. The summed E-state index contributed by atoms with van der Waals surface area (Å²) < 4.78 is 0. The molecule has 17 heavy (non-hydrogen) atoms. The Labute approximate surface area is 110 Å². The largest absolute Gasteiger partial charge is 0.372 e. The average molecular weight is 252 g/mol. The molecule has 0 radical (unpaired) electrons. The number of nitrogens with zero attached hydrogens (tertiary/aromatic N) is 1. The van der Waals surface area contributed by atoms with Gasteiger partial charge in [0.05, 0.1) is 0 Å². The Kier molecular flexibility index (Phi) is 5.86.